The highest BCUT2D eigenvalue weighted by Gasteiger charge is 2.17. The molecule has 5 heteroatoms. The van der Waals surface area contributed by atoms with Gasteiger partial charge in [0.15, 0.2) is 23.8 Å². The van der Waals surface area contributed by atoms with Gasteiger partial charge in [-0.15, -0.1) is 0 Å². The summed E-state index contributed by atoms with van der Waals surface area (Å²) < 4.78 is 7.25. The zero-order chi connectivity index (χ0) is 17.1. The van der Waals surface area contributed by atoms with E-state index >= 15 is 0 Å². The SMILES string of the molecule is Cc1ccc(-c2cc(C(=O)NC(C)c3cc[n+](C)cc3)no2)cc1. The molecule has 0 aliphatic carbocycles. The number of benzene rings is 1. The number of nitrogens with one attached hydrogen (secondary N) is 1. The van der Waals surface area contributed by atoms with Gasteiger partial charge in [0, 0.05) is 23.8 Å². The molecule has 0 aliphatic rings. The quantitative estimate of drug-likeness (QED) is 0.751. The Bertz CT molecular complexity index is 836. The van der Waals surface area contributed by atoms with Gasteiger partial charge in [-0.2, -0.15) is 0 Å². The highest BCUT2D eigenvalue weighted by molar-refractivity contribution is 5.93. The van der Waals surface area contributed by atoms with Crippen molar-refractivity contribution in [3.63, 3.8) is 0 Å². The van der Waals surface area contributed by atoms with Crippen molar-refractivity contribution >= 4 is 5.91 Å². The number of carbonyl (C=O) groups is 1. The fraction of sp³-hybridized carbons (Fsp3) is 0.211. The van der Waals surface area contributed by atoms with Crippen molar-refractivity contribution < 1.29 is 13.9 Å². The van der Waals surface area contributed by atoms with Gasteiger partial charge in [-0.05, 0) is 19.4 Å². The molecule has 1 N–H and O–H groups in total. The second-order valence-corrected chi connectivity index (χ2v) is 5.93. The molecule has 1 aromatic carbocycles. The highest BCUT2D eigenvalue weighted by atomic mass is 16.5. The second-order valence-electron chi connectivity index (χ2n) is 5.93. The Morgan fingerprint density at radius 3 is 2.50 bits per heavy atom. The normalized spacial score (nSPS) is 12.0. The molecule has 0 fully saturated rings. The molecule has 3 aromatic rings. The van der Waals surface area contributed by atoms with Gasteiger partial charge in [-0.1, -0.05) is 35.0 Å². The molecule has 24 heavy (non-hydrogen) atoms. The van der Waals surface area contributed by atoms with Gasteiger partial charge in [0.05, 0.1) is 6.04 Å². The zero-order valence-corrected chi connectivity index (χ0v) is 14.0. The Kier molecular flexibility index (Phi) is 4.42. The summed E-state index contributed by atoms with van der Waals surface area (Å²) in [6.45, 7) is 3.96. The predicted molar refractivity (Wildman–Crippen MR) is 90.2 cm³/mol. The third-order valence-electron chi connectivity index (χ3n) is 3.93. The molecule has 0 aliphatic heterocycles. The highest BCUT2D eigenvalue weighted by Crippen LogP contribution is 2.21. The molecule has 2 heterocycles. The molecule has 122 valence electrons. The van der Waals surface area contributed by atoms with E-state index in [4.69, 9.17) is 4.52 Å². The van der Waals surface area contributed by atoms with E-state index in [-0.39, 0.29) is 17.6 Å². The molecule has 0 spiro atoms. The number of aromatic nitrogens is 2. The number of aryl methyl sites for hydroxylation is 2. The molecule has 0 saturated carbocycles. The zero-order valence-electron chi connectivity index (χ0n) is 14.0. The van der Waals surface area contributed by atoms with Gasteiger partial charge in [0.1, 0.15) is 7.05 Å². The molecule has 0 bridgehead atoms. The van der Waals surface area contributed by atoms with E-state index in [0.717, 1.165) is 11.1 Å². The fourth-order valence-electron chi connectivity index (χ4n) is 2.39. The number of pyridine rings is 1. The van der Waals surface area contributed by atoms with Crippen LogP contribution in [0.2, 0.25) is 0 Å². The van der Waals surface area contributed by atoms with E-state index in [1.54, 1.807) is 6.07 Å². The molecule has 1 amide bonds. The Balaban J connectivity index is 1.71. The molecule has 1 atom stereocenters. The lowest BCUT2D eigenvalue weighted by Gasteiger charge is -2.12. The van der Waals surface area contributed by atoms with Crippen molar-refractivity contribution in [3.05, 3.63) is 71.7 Å². The first kappa shape index (κ1) is 15.9. The smallest absolute Gasteiger partial charge is 0.273 e. The van der Waals surface area contributed by atoms with E-state index < -0.39 is 0 Å². The third kappa shape index (κ3) is 3.51. The number of amides is 1. The van der Waals surface area contributed by atoms with E-state index in [1.165, 1.54) is 5.56 Å². The first-order valence-corrected chi connectivity index (χ1v) is 7.83. The minimum Gasteiger partial charge on any atom is -0.355 e. The van der Waals surface area contributed by atoms with Crippen LogP contribution in [0.4, 0.5) is 0 Å². The van der Waals surface area contributed by atoms with Gasteiger partial charge in [0.2, 0.25) is 0 Å². The van der Waals surface area contributed by atoms with E-state index in [9.17, 15) is 4.79 Å². The van der Waals surface area contributed by atoms with Crippen LogP contribution in [-0.4, -0.2) is 11.1 Å². The number of carbonyl (C=O) groups excluding carboxylic acids is 1. The summed E-state index contributed by atoms with van der Waals surface area (Å²) in [6, 6.07) is 13.4. The van der Waals surface area contributed by atoms with Crippen molar-refractivity contribution in [3.8, 4) is 11.3 Å². The summed E-state index contributed by atoms with van der Waals surface area (Å²) in [5.41, 5.74) is 3.37. The monoisotopic (exact) mass is 322 g/mol. The van der Waals surface area contributed by atoms with Crippen LogP contribution in [0.5, 0.6) is 0 Å². The number of nitrogens with zero attached hydrogens (tertiary/aromatic N) is 2. The second kappa shape index (κ2) is 6.66. The average Bonchev–Trinajstić information content (AvgIpc) is 3.06. The Labute approximate surface area is 140 Å². The van der Waals surface area contributed by atoms with Crippen molar-refractivity contribution in [2.45, 2.75) is 19.9 Å². The van der Waals surface area contributed by atoms with Gasteiger partial charge in [0.25, 0.3) is 5.91 Å². The van der Waals surface area contributed by atoms with Crippen LogP contribution in [0, 0.1) is 6.92 Å². The lowest BCUT2D eigenvalue weighted by Crippen LogP contribution is -2.29. The standard InChI is InChI=1S/C19H19N3O2/c1-13-4-6-16(7-5-13)18-12-17(21-24-18)19(23)20-14(2)15-8-10-22(3)11-9-15/h4-12,14H,1-3H3/p+1. The van der Waals surface area contributed by atoms with Crippen molar-refractivity contribution in [2.75, 3.05) is 0 Å². The lowest BCUT2D eigenvalue weighted by molar-refractivity contribution is -0.671. The Morgan fingerprint density at radius 2 is 1.83 bits per heavy atom. The molecular weight excluding hydrogens is 302 g/mol. The number of hydrogen-bond acceptors (Lipinski definition) is 3. The van der Waals surface area contributed by atoms with Gasteiger partial charge >= 0.3 is 0 Å². The van der Waals surface area contributed by atoms with E-state index in [0.29, 0.717) is 5.76 Å². The largest absolute Gasteiger partial charge is 0.355 e. The maximum atomic E-state index is 12.4. The van der Waals surface area contributed by atoms with Crippen LogP contribution in [0.15, 0.2) is 59.4 Å². The molecule has 3 rings (SSSR count). The Morgan fingerprint density at radius 1 is 1.17 bits per heavy atom. The van der Waals surface area contributed by atoms with Crippen molar-refractivity contribution in [2.24, 2.45) is 7.05 Å². The summed E-state index contributed by atoms with van der Waals surface area (Å²) >= 11 is 0. The molecule has 0 radical (unpaired) electrons. The van der Waals surface area contributed by atoms with Crippen molar-refractivity contribution in [1.29, 1.82) is 0 Å². The van der Waals surface area contributed by atoms with Crippen LogP contribution in [0.3, 0.4) is 0 Å². The predicted octanol–water partition coefficient (Wildman–Crippen LogP) is 2.97. The summed E-state index contributed by atoms with van der Waals surface area (Å²) in [5, 5.41) is 6.82. The first-order chi connectivity index (χ1) is 11.5. The number of rotatable bonds is 4. The van der Waals surface area contributed by atoms with Crippen LogP contribution in [-0.2, 0) is 7.05 Å². The van der Waals surface area contributed by atoms with Gasteiger partial charge in [-0.3, -0.25) is 4.79 Å². The minimum atomic E-state index is -0.252. The summed E-state index contributed by atoms with van der Waals surface area (Å²) in [6.07, 6.45) is 3.90. The fourth-order valence-corrected chi connectivity index (χ4v) is 2.39. The van der Waals surface area contributed by atoms with Crippen LogP contribution in [0.25, 0.3) is 11.3 Å². The summed E-state index contributed by atoms with van der Waals surface area (Å²) in [7, 11) is 1.95. The maximum absolute atomic E-state index is 12.4. The Hall–Kier alpha value is -2.95. The molecule has 1 unspecified atom stereocenters. The van der Waals surface area contributed by atoms with Crippen molar-refractivity contribution in [1.82, 2.24) is 10.5 Å². The molecule has 2 aromatic heterocycles. The van der Waals surface area contributed by atoms with E-state index in [2.05, 4.69) is 10.5 Å². The van der Waals surface area contributed by atoms with Gasteiger partial charge in [-0.25, -0.2) is 4.57 Å². The number of hydrogen-bond donors (Lipinski definition) is 1. The average molecular weight is 322 g/mol. The summed E-state index contributed by atoms with van der Waals surface area (Å²) in [4.78, 5) is 12.4. The molecule has 0 saturated heterocycles. The topological polar surface area (TPSA) is 59.0 Å². The van der Waals surface area contributed by atoms with Crippen LogP contribution < -0.4 is 9.88 Å². The third-order valence-corrected chi connectivity index (χ3v) is 3.93. The molecular formula is C19H20N3O2+. The van der Waals surface area contributed by atoms with Gasteiger partial charge < -0.3 is 9.84 Å². The maximum Gasteiger partial charge on any atom is 0.273 e. The van der Waals surface area contributed by atoms with E-state index in [1.807, 2.05) is 74.3 Å². The molecule has 5 nitrogen and oxygen atoms in total. The van der Waals surface area contributed by atoms with Crippen LogP contribution >= 0.6 is 0 Å². The summed E-state index contributed by atoms with van der Waals surface area (Å²) in [5.74, 6) is 0.331. The lowest BCUT2D eigenvalue weighted by atomic mass is 10.1. The minimum absolute atomic E-state index is 0.113. The first-order valence-electron chi connectivity index (χ1n) is 7.83. The van der Waals surface area contributed by atoms with Crippen LogP contribution in [0.1, 0.15) is 34.6 Å².